The normalized spacial score (nSPS) is 11.8. The van der Waals surface area contributed by atoms with Crippen molar-refractivity contribution in [3.8, 4) is 5.75 Å². The topological polar surface area (TPSA) is 87.2 Å². The van der Waals surface area contributed by atoms with E-state index in [1.54, 1.807) is 42.9 Å². The van der Waals surface area contributed by atoms with Crippen molar-refractivity contribution in [3.05, 3.63) is 48.9 Å². The van der Waals surface area contributed by atoms with Gasteiger partial charge in [0.1, 0.15) is 10.6 Å². The Kier molecular flexibility index (Phi) is 5.06. The van der Waals surface area contributed by atoms with Gasteiger partial charge in [-0.15, -0.1) is 0 Å². The molecule has 0 spiro atoms. The number of aromatic nitrogens is 2. The van der Waals surface area contributed by atoms with Crippen molar-refractivity contribution in [2.45, 2.75) is 29.2 Å². The highest BCUT2D eigenvalue weighted by Gasteiger charge is 2.26. The van der Waals surface area contributed by atoms with Gasteiger partial charge in [0.25, 0.3) is 0 Å². The first-order chi connectivity index (χ1) is 12.1. The summed E-state index contributed by atoms with van der Waals surface area (Å²) >= 11 is 0. The van der Waals surface area contributed by atoms with Crippen LogP contribution in [0.1, 0.15) is 12.8 Å². The number of hydrogen-bond donors (Lipinski definition) is 1. The second-order valence-electron chi connectivity index (χ2n) is 5.73. The van der Waals surface area contributed by atoms with Gasteiger partial charge in [0, 0.05) is 30.5 Å². The smallest absolute Gasteiger partial charge is 0.212 e. The van der Waals surface area contributed by atoms with Gasteiger partial charge in [-0.05, 0) is 37.6 Å². The molecule has 0 aliphatic carbocycles. The molecule has 2 N–H and O–H groups in total. The van der Waals surface area contributed by atoms with E-state index in [-0.39, 0.29) is 9.79 Å². The molecule has 0 unspecified atom stereocenters. The van der Waals surface area contributed by atoms with E-state index in [9.17, 15) is 8.42 Å². The predicted molar refractivity (Wildman–Crippen MR) is 96.5 cm³/mol. The molecule has 132 valence electrons. The molecule has 0 amide bonds. The third-order valence-electron chi connectivity index (χ3n) is 4.15. The summed E-state index contributed by atoms with van der Waals surface area (Å²) in [4.78, 5) is 4.50. The largest absolute Gasteiger partial charge is 0.495 e. The van der Waals surface area contributed by atoms with E-state index < -0.39 is 9.84 Å². The predicted octanol–water partition coefficient (Wildman–Crippen LogP) is 2.62. The summed E-state index contributed by atoms with van der Waals surface area (Å²) in [6, 6.07) is 8.47. The maximum absolute atomic E-state index is 13.2. The molecule has 0 aliphatic rings. The molecule has 0 saturated heterocycles. The number of ether oxygens (including phenoxy) is 1. The molecule has 1 aromatic carbocycles. The minimum Gasteiger partial charge on any atom is -0.495 e. The molecule has 2 heterocycles. The van der Waals surface area contributed by atoms with Crippen molar-refractivity contribution in [2.75, 3.05) is 13.7 Å². The summed E-state index contributed by atoms with van der Waals surface area (Å²) < 4.78 is 33.6. The van der Waals surface area contributed by atoms with Crippen LogP contribution in [-0.4, -0.2) is 31.6 Å². The Morgan fingerprint density at radius 1 is 1.16 bits per heavy atom. The Labute approximate surface area is 147 Å². The van der Waals surface area contributed by atoms with E-state index in [2.05, 4.69) is 4.98 Å². The van der Waals surface area contributed by atoms with Gasteiger partial charge in [-0.1, -0.05) is 12.1 Å². The number of methoxy groups -OCH3 is 1. The zero-order valence-corrected chi connectivity index (χ0v) is 14.9. The minimum absolute atomic E-state index is 0.155. The van der Waals surface area contributed by atoms with Gasteiger partial charge < -0.3 is 15.0 Å². The van der Waals surface area contributed by atoms with Gasteiger partial charge in [0.15, 0.2) is 0 Å². The van der Waals surface area contributed by atoms with E-state index in [0.717, 1.165) is 18.4 Å². The van der Waals surface area contributed by atoms with Gasteiger partial charge in [-0.25, -0.2) is 8.42 Å². The van der Waals surface area contributed by atoms with E-state index in [4.69, 9.17) is 10.5 Å². The fraction of sp³-hybridized carbons (Fsp3) is 0.278. The molecule has 3 aromatic rings. The van der Waals surface area contributed by atoms with E-state index >= 15 is 0 Å². The lowest BCUT2D eigenvalue weighted by Gasteiger charge is -2.08. The second kappa shape index (κ2) is 7.25. The Morgan fingerprint density at radius 3 is 2.72 bits per heavy atom. The van der Waals surface area contributed by atoms with Crippen molar-refractivity contribution in [1.82, 2.24) is 9.55 Å². The molecule has 6 nitrogen and oxygen atoms in total. The van der Waals surface area contributed by atoms with Crippen LogP contribution in [0.15, 0.2) is 58.7 Å². The molecular weight excluding hydrogens is 338 g/mol. The third kappa shape index (κ3) is 3.25. The number of benzene rings is 1. The SMILES string of the molecule is COc1ccccc1S(=O)(=O)c1cn(CCCCN)c2ccncc12. The lowest BCUT2D eigenvalue weighted by atomic mass is 10.3. The fourth-order valence-corrected chi connectivity index (χ4v) is 4.52. The molecular formula is C18H21N3O3S. The standard InChI is InChI=1S/C18H21N3O3S/c1-24-16-6-2-3-7-17(16)25(22,23)18-13-21(11-5-4-9-19)15-8-10-20-12-14(15)18/h2-3,6-8,10,12-13H,4-5,9,11,19H2,1H3. The summed E-state index contributed by atoms with van der Waals surface area (Å²) in [5, 5.41) is 0.612. The maximum atomic E-state index is 13.2. The highest BCUT2D eigenvalue weighted by Crippen LogP contribution is 2.34. The molecule has 0 aliphatic heterocycles. The number of para-hydroxylation sites is 1. The van der Waals surface area contributed by atoms with Crippen LogP contribution in [0.25, 0.3) is 10.9 Å². The number of pyridine rings is 1. The minimum atomic E-state index is -3.73. The monoisotopic (exact) mass is 359 g/mol. The van der Waals surface area contributed by atoms with E-state index in [0.29, 0.717) is 24.2 Å². The Balaban J connectivity index is 2.14. The first-order valence-corrected chi connectivity index (χ1v) is 9.59. The molecule has 0 saturated carbocycles. The molecule has 0 fully saturated rings. The van der Waals surface area contributed by atoms with E-state index in [1.807, 2.05) is 10.6 Å². The zero-order chi connectivity index (χ0) is 17.9. The maximum Gasteiger partial charge on any atom is 0.212 e. The number of rotatable bonds is 7. The van der Waals surface area contributed by atoms with Crippen LogP contribution in [0, 0.1) is 0 Å². The average molecular weight is 359 g/mol. The van der Waals surface area contributed by atoms with Crippen LogP contribution in [0.4, 0.5) is 0 Å². The summed E-state index contributed by atoms with van der Waals surface area (Å²) in [5.41, 5.74) is 6.41. The number of nitrogens with two attached hydrogens (primary N) is 1. The van der Waals surface area contributed by atoms with Crippen LogP contribution in [-0.2, 0) is 16.4 Å². The number of hydrogen-bond acceptors (Lipinski definition) is 5. The Bertz CT molecular complexity index is 980. The van der Waals surface area contributed by atoms with Gasteiger partial charge >= 0.3 is 0 Å². The van der Waals surface area contributed by atoms with Crippen LogP contribution < -0.4 is 10.5 Å². The molecule has 7 heteroatoms. The number of fused-ring (bicyclic) bond motifs is 1. The van der Waals surface area contributed by atoms with Gasteiger partial charge in [0.2, 0.25) is 9.84 Å². The number of nitrogens with zero attached hydrogens (tertiary/aromatic N) is 2. The first-order valence-electron chi connectivity index (χ1n) is 8.10. The molecule has 3 rings (SSSR count). The van der Waals surface area contributed by atoms with Crippen molar-refractivity contribution in [3.63, 3.8) is 0 Å². The zero-order valence-electron chi connectivity index (χ0n) is 14.1. The van der Waals surface area contributed by atoms with Crippen LogP contribution in [0.5, 0.6) is 5.75 Å². The lowest BCUT2D eigenvalue weighted by molar-refractivity contribution is 0.403. The molecule has 0 bridgehead atoms. The summed E-state index contributed by atoms with van der Waals surface area (Å²) in [5.74, 6) is 0.329. The fourth-order valence-electron chi connectivity index (χ4n) is 2.89. The highest BCUT2D eigenvalue weighted by atomic mass is 32.2. The highest BCUT2D eigenvalue weighted by molar-refractivity contribution is 7.91. The van der Waals surface area contributed by atoms with Crippen LogP contribution in [0.3, 0.4) is 0 Å². The molecule has 0 atom stereocenters. The summed E-state index contributed by atoms with van der Waals surface area (Å²) in [7, 11) is -2.26. The Morgan fingerprint density at radius 2 is 1.96 bits per heavy atom. The number of sulfone groups is 1. The second-order valence-corrected chi connectivity index (χ2v) is 7.62. The van der Waals surface area contributed by atoms with Crippen LogP contribution >= 0.6 is 0 Å². The Hall–Kier alpha value is -2.38. The van der Waals surface area contributed by atoms with Crippen molar-refractivity contribution in [2.24, 2.45) is 5.73 Å². The quantitative estimate of drug-likeness (QED) is 0.655. The van der Waals surface area contributed by atoms with Crippen molar-refractivity contribution >= 4 is 20.7 Å². The van der Waals surface area contributed by atoms with Gasteiger partial charge in [-0.3, -0.25) is 4.98 Å². The summed E-state index contributed by atoms with van der Waals surface area (Å²) in [6.45, 7) is 1.33. The van der Waals surface area contributed by atoms with E-state index in [1.165, 1.54) is 7.11 Å². The average Bonchev–Trinajstić information content (AvgIpc) is 3.02. The molecule has 25 heavy (non-hydrogen) atoms. The number of unbranched alkanes of at least 4 members (excludes halogenated alkanes) is 1. The van der Waals surface area contributed by atoms with Gasteiger partial charge in [0.05, 0.1) is 17.5 Å². The third-order valence-corrected chi connectivity index (χ3v) is 5.97. The lowest BCUT2D eigenvalue weighted by Crippen LogP contribution is -2.04. The van der Waals surface area contributed by atoms with Crippen LogP contribution in [0.2, 0.25) is 0 Å². The van der Waals surface area contributed by atoms with Gasteiger partial charge in [-0.2, -0.15) is 0 Å². The number of aryl methyl sites for hydroxylation is 1. The summed E-state index contributed by atoms with van der Waals surface area (Å²) in [6.07, 6.45) is 6.72. The first kappa shape index (κ1) is 17.4. The molecule has 2 aromatic heterocycles. The molecule has 0 radical (unpaired) electrons. The van der Waals surface area contributed by atoms with Crippen molar-refractivity contribution < 1.29 is 13.2 Å². The van der Waals surface area contributed by atoms with Crippen molar-refractivity contribution in [1.29, 1.82) is 0 Å².